The maximum atomic E-state index is 11.8. The maximum Gasteiger partial charge on any atom is 0.308 e. The van der Waals surface area contributed by atoms with Crippen LogP contribution in [0.1, 0.15) is 19.4 Å². The van der Waals surface area contributed by atoms with Crippen molar-refractivity contribution in [3.05, 3.63) is 35.9 Å². The highest BCUT2D eigenvalue weighted by atomic mass is 16.5. The molecule has 1 heterocycles. The summed E-state index contributed by atoms with van der Waals surface area (Å²) in [6.07, 6.45) is 0.786. The Labute approximate surface area is 116 Å². The molecule has 0 bridgehead atoms. The molecule has 0 atom stereocenters. The second-order valence-corrected chi connectivity index (χ2v) is 4.94. The van der Waals surface area contributed by atoms with Gasteiger partial charge in [-0.15, -0.1) is 0 Å². The Hall–Kier alpha value is -2.36. The van der Waals surface area contributed by atoms with Crippen LogP contribution in [0.2, 0.25) is 0 Å². The number of carbonyl (C=O) groups excluding carboxylic acids is 2. The summed E-state index contributed by atoms with van der Waals surface area (Å²) in [6, 6.07) is 9.57. The molecule has 0 aliphatic carbocycles. The van der Waals surface area contributed by atoms with Crippen LogP contribution in [-0.2, 0) is 16.0 Å². The zero-order chi connectivity index (χ0) is 14.3. The van der Waals surface area contributed by atoms with Gasteiger partial charge in [0.25, 0.3) is 0 Å². The third-order valence-electron chi connectivity index (χ3n) is 3.57. The van der Waals surface area contributed by atoms with Crippen molar-refractivity contribution >= 4 is 28.3 Å². The molecule has 102 valence electrons. The fourth-order valence-corrected chi connectivity index (χ4v) is 2.79. The Morgan fingerprint density at radius 3 is 2.50 bits per heavy atom. The number of esters is 1. The minimum atomic E-state index is -0.337. The number of benzene rings is 2. The first-order valence-corrected chi connectivity index (χ1v) is 6.59. The van der Waals surface area contributed by atoms with E-state index >= 15 is 0 Å². The molecule has 0 fully saturated rings. The normalized spacial score (nSPS) is 13.4. The molecule has 0 saturated heterocycles. The van der Waals surface area contributed by atoms with Crippen molar-refractivity contribution in [3.63, 3.8) is 0 Å². The zero-order valence-corrected chi connectivity index (χ0v) is 11.5. The number of rotatable bonds is 1. The minimum absolute atomic E-state index is 0.0362. The molecule has 0 saturated carbocycles. The third-order valence-corrected chi connectivity index (χ3v) is 3.57. The lowest BCUT2D eigenvalue weighted by Crippen LogP contribution is -2.25. The van der Waals surface area contributed by atoms with Gasteiger partial charge in [0.2, 0.25) is 5.91 Å². The van der Waals surface area contributed by atoms with E-state index in [1.165, 1.54) is 6.92 Å². The molecule has 0 aromatic heterocycles. The predicted octanol–water partition coefficient (Wildman–Crippen LogP) is 2.67. The minimum Gasteiger partial charge on any atom is -0.426 e. The summed E-state index contributed by atoms with van der Waals surface area (Å²) in [7, 11) is 0. The van der Waals surface area contributed by atoms with Gasteiger partial charge >= 0.3 is 5.97 Å². The van der Waals surface area contributed by atoms with Crippen molar-refractivity contribution < 1.29 is 14.3 Å². The van der Waals surface area contributed by atoms with Gasteiger partial charge in [-0.3, -0.25) is 9.59 Å². The molecule has 2 aromatic rings. The van der Waals surface area contributed by atoms with Crippen LogP contribution in [0.3, 0.4) is 0 Å². The van der Waals surface area contributed by atoms with E-state index in [0.717, 1.165) is 28.4 Å². The van der Waals surface area contributed by atoms with Crippen molar-refractivity contribution in [2.45, 2.75) is 20.3 Å². The smallest absolute Gasteiger partial charge is 0.308 e. The highest BCUT2D eigenvalue weighted by Crippen LogP contribution is 2.40. The van der Waals surface area contributed by atoms with E-state index in [4.69, 9.17) is 4.74 Å². The van der Waals surface area contributed by atoms with E-state index in [2.05, 4.69) is 0 Å². The van der Waals surface area contributed by atoms with Gasteiger partial charge in [0, 0.05) is 31.2 Å². The van der Waals surface area contributed by atoms with Gasteiger partial charge in [0.15, 0.2) is 0 Å². The zero-order valence-electron chi connectivity index (χ0n) is 11.5. The van der Waals surface area contributed by atoms with Crippen LogP contribution < -0.4 is 9.64 Å². The van der Waals surface area contributed by atoms with Crippen molar-refractivity contribution in [1.82, 2.24) is 0 Å². The number of anilines is 1. The van der Waals surface area contributed by atoms with E-state index in [-0.39, 0.29) is 11.9 Å². The lowest BCUT2D eigenvalue weighted by atomic mass is 10.0. The molecule has 0 N–H and O–H groups in total. The second-order valence-electron chi connectivity index (χ2n) is 4.94. The highest BCUT2D eigenvalue weighted by molar-refractivity contribution is 6.08. The Bertz CT molecular complexity index is 721. The van der Waals surface area contributed by atoms with Crippen LogP contribution in [0.4, 0.5) is 5.69 Å². The van der Waals surface area contributed by atoms with Crippen molar-refractivity contribution in [3.8, 4) is 5.75 Å². The third kappa shape index (κ3) is 1.93. The number of ether oxygens (including phenoxy) is 1. The van der Waals surface area contributed by atoms with Gasteiger partial charge in [-0.2, -0.15) is 0 Å². The topological polar surface area (TPSA) is 46.6 Å². The van der Waals surface area contributed by atoms with E-state index < -0.39 is 0 Å². The Balaban J connectivity index is 2.28. The van der Waals surface area contributed by atoms with Gasteiger partial charge in [-0.1, -0.05) is 24.3 Å². The SMILES string of the molecule is CC(=O)Oc1cc2c(c3ccccc13)N(C(C)=O)CC2. The first-order valence-electron chi connectivity index (χ1n) is 6.59. The van der Waals surface area contributed by atoms with Crippen LogP contribution >= 0.6 is 0 Å². The number of fused-ring (bicyclic) bond motifs is 3. The molecule has 2 aromatic carbocycles. The molecule has 20 heavy (non-hydrogen) atoms. The molecule has 4 heteroatoms. The average Bonchev–Trinajstić information content (AvgIpc) is 2.82. The molecular weight excluding hydrogens is 254 g/mol. The second kappa shape index (κ2) is 4.63. The first kappa shape index (κ1) is 12.7. The van der Waals surface area contributed by atoms with Crippen molar-refractivity contribution in [2.75, 3.05) is 11.4 Å². The summed E-state index contributed by atoms with van der Waals surface area (Å²) in [6.45, 7) is 3.64. The van der Waals surface area contributed by atoms with Crippen LogP contribution in [0.25, 0.3) is 10.8 Å². The number of amides is 1. The molecular formula is C16H15NO3. The van der Waals surface area contributed by atoms with Crippen LogP contribution in [0.5, 0.6) is 5.75 Å². The fourth-order valence-electron chi connectivity index (χ4n) is 2.79. The van der Waals surface area contributed by atoms with E-state index in [1.54, 1.807) is 11.8 Å². The van der Waals surface area contributed by atoms with Crippen LogP contribution in [0.15, 0.2) is 30.3 Å². The first-order chi connectivity index (χ1) is 9.58. The van der Waals surface area contributed by atoms with Gasteiger partial charge in [-0.25, -0.2) is 0 Å². The lowest BCUT2D eigenvalue weighted by molar-refractivity contribution is -0.131. The van der Waals surface area contributed by atoms with Gasteiger partial charge < -0.3 is 9.64 Å². The van der Waals surface area contributed by atoms with E-state index in [1.807, 2.05) is 30.3 Å². The van der Waals surface area contributed by atoms with Crippen molar-refractivity contribution in [2.24, 2.45) is 0 Å². The Morgan fingerprint density at radius 2 is 1.85 bits per heavy atom. The van der Waals surface area contributed by atoms with Crippen LogP contribution in [0, 0.1) is 0 Å². The molecule has 1 aliphatic rings. The molecule has 4 nitrogen and oxygen atoms in total. The summed E-state index contributed by atoms with van der Waals surface area (Å²) >= 11 is 0. The Morgan fingerprint density at radius 1 is 1.15 bits per heavy atom. The van der Waals surface area contributed by atoms with E-state index in [9.17, 15) is 9.59 Å². The summed E-state index contributed by atoms with van der Waals surface area (Å²) in [5, 5.41) is 1.81. The summed E-state index contributed by atoms with van der Waals surface area (Å²) < 4.78 is 5.31. The Kier molecular flexibility index (Phi) is 2.93. The highest BCUT2D eigenvalue weighted by Gasteiger charge is 2.26. The summed E-state index contributed by atoms with van der Waals surface area (Å²) in [5.74, 6) is 0.267. The van der Waals surface area contributed by atoms with E-state index in [0.29, 0.717) is 12.3 Å². The molecule has 0 spiro atoms. The lowest BCUT2D eigenvalue weighted by Gasteiger charge is -2.18. The predicted molar refractivity (Wildman–Crippen MR) is 77.0 cm³/mol. The molecule has 1 aliphatic heterocycles. The number of hydrogen-bond donors (Lipinski definition) is 0. The van der Waals surface area contributed by atoms with Gasteiger partial charge in [0.05, 0.1) is 5.69 Å². The molecule has 3 rings (SSSR count). The molecule has 0 unspecified atom stereocenters. The van der Waals surface area contributed by atoms with Crippen molar-refractivity contribution in [1.29, 1.82) is 0 Å². The average molecular weight is 269 g/mol. The number of nitrogens with zero attached hydrogens (tertiary/aromatic N) is 1. The number of hydrogen-bond acceptors (Lipinski definition) is 3. The largest absolute Gasteiger partial charge is 0.426 e. The summed E-state index contributed by atoms with van der Waals surface area (Å²) in [4.78, 5) is 24.8. The molecule has 1 amide bonds. The maximum absolute atomic E-state index is 11.8. The molecule has 0 radical (unpaired) electrons. The van der Waals surface area contributed by atoms with Gasteiger partial charge in [0.1, 0.15) is 5.75 Å². The standard InChI is InChI=1S/C16H15NO3/c1-10(18)17-8-7-12-9-15(20-11(2)19)13-5-3-4-6-14(13)16(12)17/h3-6,9H,7-8H2,1-2H3. The summed E-state index contributed by atoms with van der Waals surface area (Å²) in [5.41, 5.74) is 2.00. The van der Waals surface area contributed by atoms with Crippen LogP contribution in [-0.4, -0.2) is 18.4 Å². The quantitative estimate of drug-likeness (QED) is 0.590. The fraction of sp³-hybridized carbons (Fsp3) is 0.250. The monoisotopic (exact) mass is 269 g/mol. The van der Waals surface area contributed by atoms with Gasteiger partial charge in [-0.05, 0) is 18.1 Å². The number of carbonyl (C=O) groups is 2.